The lowest BCUT2D eigenvalue weighted by atomic mass is 10.0. The molecule has 2 fully saturated rings. The number of rotatable bonds is 7. The van der Waals surface area contributed by atoms with Crippen LogP contribution in [0.3, 0.4) is 0 Å². The fourth-order valence-corrected chi connectivity index (χ4v) is 5.78. The van der Waals surface area contributed by atoms with E-state index in [4.69, 9.17) is 5.73 Å². The van der Waals surface area contributed by atoms with Crippen LogP contribution in [0.25, 0.3) is 11.1 Å². The highest BCUT2D eigenvalue weighted by molar-refractivity contribution is 7.89. The van der Waals surface area contributed by atoms with E-state index in [2.05, 4.69) is 16.3 Å². The summed E-state index contributed by atoms with van der Waals surface area (Å²) in [6.07, 6.45) is 1.08. The van der Waals surface area contributed by atoms with Crippen LogP contribution in [0.1, 0.15) is 31.2 Å². The Bertz CT molecular complexity index is 1180. The number of carbonyl (C=O) groups is 1. The molecule has 0 spiro atoms. The molecule has 3 unspecified atom stereocenters. The van der Waals surface area contributed by atoms with Crippen LogP contribution in [-0.4, -0.2) is 68.3 Å². The topological polar surface area (TPSA) is 120 Å². The lowest BCUT2D eigenvalue weighted by molar-refractivity contribution is -0.123. The Morgan fingerprint density at radius 1 is 1.12 bits per heavy atom. The quantitative estimate of drug-likeness (QED) is 0.623. The van der Waals surface area contributed by atoms with Crippen LogP contribution in [0, 0.1) is 11.3 Å². The minimum atomic E-state index is -3.50. The zero-order valence-corrected chi connectivity index (χ0v) is 20.4. The van der Waals surface area contributed by atoms with Gasteiger partial charge in [0.25, 0.3) is 0 Å². The maximum absolute atomic E-state index is 12.9. The molecule has 9 heteroatoms. The Balaban J connectivity index is 1.45. The number of piperazine rings is 1. The van der Waals surface area contributed by atoms with Gasteiger partial charge in [-0.1, -0.05) is 43.3 Å². The molecule has 0 aromatic heterocycles. The second-order valence-electron chi connectivity index (χ2n) is 9.20. The molecule has 1 saturated heterocycles. The lowest BCUT2D eigenvalue weighted by Crippen LogP contribution is -2.46. The molecule has 3 atom stereocenters. The number of nitrogens with one attached hydrogen (secondary N) is 1. The maximum Gasteiger partial charge on any atom is 0.243 e. The average Bonchev–Trinajstić information content (AvgIpc) is 3.58. The number of likely N-dealkylation sites (N-methyl/N-ethyl adjacent to an activating group) is 1. The van der Waals surface area contributed by atoms with Gasteiger partial charge in [-0.3, -0.25) is 4.79 Å². The number of amides is 1. The first-order valence-corrected chi connectivity index (χ1v) is 13.0. The van der Waals surface area contributed by atoms with Gasteiger partial charge in [0.2, 0.25) is 15.9 Å². The fourth-order valence-electron chi connectivity index (χ4n) is 4.36. The molecule has 180 valence electrons. The van der Waals surface area contributed by atoms with Gasteiger partial charge in [0.05, 0.1) is 17.0 Å². The SMILES string of the molecule is CCC(N)C(=O)NC1(C#N)CC1c1ccc(-c2ccc(S(=O)(=O)N3CCN(C)CC3)cc2)cc1. The van der Waals surface area contributed by atoms with Crippen molar-refractivity contribution < 1.29 is 13.2 Å². The van der Waals surface area contributed by atoms with Gasteiger partial charge < -0.3 is 16.0 Å². The van der Waals surface area contributed by atoms with Gasteiger partial charge in [-0.2, -0.15) is 9.57 Å². The monoisotopic (exact) mass is 481 g/mol. The molecule has 2 aliphatic rings. The number of carbonyl (C=O) groups excluding carboxylic acids is 1. The highest BCUT2D eigenvalue weighted by Crippen LogP contribution is 2.51. The van der Waals surface area contributed by atoms with Crippen LogP contribution in [-0.2, 0) is 14.8 Å². The van der Waals surface area contributed by atoms with Crippen LogP contribution in [0.15, 0.2) is 53.4 Å². The third-order valence-corrected chi connectivity index (χ3v) is 8.80. The van der Waals surface area contributed by atoms with E-state index in [1.165, 1.54) is 0 Å². The first-order valence-electron chi connectivity index (χ1n) is 11.6. The summed E-state index contributed by atoms with van der Waals surface area (Å²) in [5.74, 6) is -0.370. The van der Waals surface area contributed by atoms with E-state index in [1.807, 2.05) is 50.4 Å². The average molecular weight is 482 g/mol. The summed E-state index contributed by atoms with van der Waals surface area (Å²) in [4.78, 5) is 14.6. The standard InChI is InChI=1S/C25H31N5O3S/c1-3-23(27)24(31)28-25(17-26)16-22(25)20-6-4-18(5-7-20)19-8-10-21(11-9-19)34(32,33)30-14-12-29(2)13-15-30/h4-11,22-23H,3,12-16,27H2,1-2H3,(H,28,31). The maximum atomic E-state index is 12.9. The van der Waals surface area contributed by atoms with Crippen molar-refractivity contribution in [1.82, 2.24) is 14.5 Å². The Hall–Kier alpha value is -2.77. The van der Waals surface area contributed by atoms with Crippen molar-refractivity contribution in [3.8, 4) is 17.2 Å². The smallest absolute Gasteiger partial charge is 0.243 e. The van der Waals surface area contributed by atoms with Gasteiger partial charge in [-0.15, -0.1) is 0 Å². The number of nitrogens with zero attached hydrogens (tertiary/aromatic N) is 3. The minimum absolute atomic E-state index is 0.0735. The molecule has 1 aliphatic carbocycles. The minimum Gasteiger partial charge on any atom is -0.336 e. The third-order valence-electron chi connectivity index (χ3n) is 6.88. The first kappa shape index (κ1) is 24.4. The van der Waals surface area contributed by atoms with Gasteiger partial charge in [0, 0.05) is 32.1 Å². The molecule has 1 heterocycles. The predicted octanol–water partition coefficient (Wildman–Crippen LogP) is 1.89. The molecular weight excluding hydrogens is 450 g/mol. The zero-order valence-electron chi connectivity index (χ0n) is 19.6. The van der Waals surface area contributed by atoms with Crippen LogP contribution >= 0.6 is 0 Å². The summed E-state index contributed by atoms with van der Waals surface area (Å²) < 4.78 is 27.4. The largest absolute Gasteiger partial charge is 0.336 e. The summed E-state index contributed by atoms with van der Waals surface area (Å²) in [7, 11) is -1.50. The third kappa shape index (κ3) is 4.72. The van der Waals surface area contributed by atoms with Crippen LogP contribution < -0.4 is 11.1 Å². The van der Waals surface area contributed by atoms with Gasteiger partial charge in [0.1, 0.15) is 5.54 Å². The van der Waals surface area contributed by atoms with E-state index in [0.717, 1.165) is 29.8 Å². The van der Waals surface area contributed by atoms with E-state index in [-0.39, 0.29) is 11.8 Å². The summed E-state index contributed by atoms with van der Waals surface area (Å²) in [6.45, 7) is 4.29. The van der Waals surface area contributed by atoms with E-state index >= 15 is 0 Å². The summed E-state index contributed by atoms with van der Waals surface area (Å²) in [6, 6.07) is 16.4. The fraction of sp³-hybridized carbons (Fsp3) is 0.440. The first-order chi connectivity index (χ1) is 16.2. The number of benzene rings is 2. The van der Waals surface area contributed by atoms with Crippen LogP contribution in [0.2, 0.25) is 0 Å². The highest BCUT2D eigenvalue weighted by atomic mass is 32.2. The van der Waals surface area contributed by atoms with Gasteiger partial charge in [-0.05, 0) is 48.7 Å². The van der Waals surface area contributed by atoms with E-state index in [1.54, 1.807) is 16.4 Å². The van der Waals surface area contributed by atoms with Crippen molar-refractivity contribution in [3.63, 3.8) is 0 Å². The zero-order chi connectivity index (χ0) is 24.5. The Kier molecular flexibility index (Phi) is 6.78. The van der Waals surface area contributed by atoms with Crippen molar-refractivity contribution in [1.29, 1.82) is 5.26 Å². The summed E-state index contributed by atoms with van der Waals surface area (Å²) in [5, 5.41) is 12.5. The molecule has 8 nitrogen and oxygen atoms in total. The molecule has 34 heavy (non-hydrogen) atoms. The molecule has 1 amide bonds. The van der Waals surface area contributed by atoms with Gasteiger partial charge in [-0.25, -0.2) is 8.42 Å². The molecule has 2 aromatic rings. The normalized spacial score (nSPS) is 24.2. The summed E-state index contributed by atoms with van der Waals surface area (Å²) >= 11 is 0. The number of hydrogen-bond donors (Lipinski definition) is 2. The second kappa shape index (κ2) is 9.47. The molecule has 0 radical (unpaired) electrons. The number of sulfonamides is 1. The number of nitriles is 1. The molecule has 2 aromatic carbocycles. The van der Waals surface area contributed by atoms with Crippen molar-refractivity contribution in [2.45, 2.75) is 42.2 Å². The summed E-state index contributed by atoms with van der Waals surface area (Å²) in [5.41, 5.74) is 7.74. The number of hydrogen-bond acceptors (Lipinski definition) is 6. The predicted molar refractivity (Wildman–Crippen MR) is 130 cm³/mol. The van der Waals surface area contributed by atoms with E-state index in [0.29, 0.717) is 30.8 Å². The molecular formula is C25H31N5O3S. The molecule has 4 rings (SSSR count). The number of nitrogens with two attached hydrogens (primary N) is 1. The Morgan fingerprint density at radius 3 is 2.21 bits per heavy atom. The van der Waals surface area contributed by atoms with Crippen LogP contribution in [0.5, 0.6) is 0 Å². The van der Waals surface area contributed by atoms with Crippen molar-refractivity contribution in [2.24, 2.45) is 5.73 Å². The van der Waals surface area contributed by atoms with Crippen molar-refractivity contribution in [2.75, 3.05) is 33.2 Å². The lowest BCUT2D eigenvalue weighted by Gasteiger charge is -2.31. The van der Waals surface area contributed by atoms with Gasteiger partial charge >= 0.3 is 0 Å². The Morgan fingerprint density at radius 2 is 1.68 bits per heavy atom. The molecule has 3 N–H and O–H groups in total. The van der Waals surface area contributed by atoms with E-state index < -0.39 is 21.6 Å². The molecule has 0 bridgehead atoms. The van der Waals surface area contributed by atoms with E-state index in [9.17, 15) is 18.5 Å². The second-order valence-corrected chi connectivity index (χ2v) is 11.1. The van der Waals surface area contributed by atoms with Gasteiger partial charge in [0.15, 0.2) is 0 Å². The van der Waals surface area contributed by atoms with Crippen molar-refractivity contribution >= 4 is 15.9 Å². The molecule has 1 aliphatic heterocycles. The highest BCUT2D eigenvalue weighted by Gasteiger charge is 2.57. The molecule has 1 saturated carbocycles. The Labute approximate surface area is 201 Å². The van der Waals surface area contributed by atoms with Crippen molar-refractivity contribution in [3.05, 3.63) is 54.1 Å². The van der Waals surface area contributed by atoms with Crippen LogP contribution in [0.4, 0.5) is 0 Å².